The number of nitrogens with one attached hydrogen (secondary N) is 1. The number of benzene rings is 2. The normalized spacial score (nSPS) is 24.9. The molecule has 3 fully saturated rings. The molecule has 34 heavy (non-hydrogen) atoms. The molecule has 3 saturated carbocycles. The second-order valence-corrected chi connectivity index (χ2v) is 9.89. The minimum Gasteiger partial charge on any atom is -0.475 e. The van der Waals surface area contributed by atoms with E-state index in [1.54, 1.807) is 6.07 Å². The number of hydrogen-bond acceptors (Lipinski definition) is 3. The van der Waals surface area contributed by atoms with Gasteiger partial charge in [-0.3, -0.25) is 4.79 Å². The Morgan fingerprint density at radius 2 is 1.71 bits per heavy atom. The first-order chi connectivity index (χ1) is 15.8. The van der Waals surface area contributed by atoms with Gasteiger partial charge in [0.05, 0.1) is 0 Å². The number of rotatable bonds is 5. The van der Waals surface area contributed by atoms with Crippen LogP contribution >= 0.6 is 0 Å². The number of nitrogens with two attached hydrogens (primary N) is 1. The predicted octanol–water partition coefficient (Wildman–Crippen LogP) is 5.25. The fraction of sp³-hybridized carbons (Fsp3) is 0.462. The lowest BCUT2D eigenvalue weighted by Crippen LogP contribution is -2.59. The zero-order valence-corrected chi connectivity index (χ0v) is 19.5. The van der Waals surface area contributed by atoms with Gasteiger partial charge < -0.3 is 16.2 Å². The zero-order chi connectivity index (χ0) is 25.3. The summed E-state index contributed by atoms with van der Waals surface area (Å²) in [7, 11) is 0. The number of carbonyl (C=O) groups is 2. The van der Waals surface area contributed by atoms with E-state index in [4.69, 9.17) is 15.6 Å². The van der Waals surface area contributed by atoms with Crippen LogP contribution < -0.4 is 11.1 Å². The molecule has 3 aliphatic rings. The summed E-state index contributed by atoms with van der Waals surface area (Å²) in [6.45, 7) is 8.24. The van der Waals surface area contributed by atoms with Gasteiger partial charge >= 0.3 is 12.1 Å². The van der Waals surface area contributed by atoms with Crippen molar-refractivity contribution >= 4 is 11.9 Å². The molecule has 4 N–H and O–H groups in total. The van der Waals surface area contributed by atoms with Crippen LogP contribution in [0.15, 0.2) is 48.5 Å². The molecule has 1 amide bonds. The predicted molar refractivity (Wildman–Crippen MR) is 124 cm³/mol. The lowest BCUT2D eigenvalue weighted by atomic mass is 9.45. The van der Waals surface area contributed by atoms with Crippen molar-refractivity contribution in [3.05, 3.63) is 59.7 Å². The van der Waals surface area contributed by atoms with E-state index < -0.39 is 12.1 Å². The summed E-state index contributed by atoms with van der Waals surface area (Å²) in [5.74, 6) is -0.640. The Morgan fingerprint density at radius 3 is 2.21 bits per heavy atom. The average molecular weight is 477 g/mol. The summed E-state index contributed by atoms with van der Waals surface area (Å²) in [5.41, 5.74) is 9.91. The fourth-order valence-corrected chi connectivity index (χ4v) is 5.34. The van der Waals surface area contributed by atoms with Gasteiger partial charge in [-0.2, -0.15) is 13.2 Å². The first kappa shape index (κ1) is 25.7. The fourth-order valence-electron chi connectivity index (χ4n) is 5.34. The Hall–Kier alpha value is -2.87. The van der Waals surface area contributed by atoms with Gasteiger partial charge in [0.2, 0.25) is 5.91 Å². The van der Waals surface area contributed by atoms with E-state index in [1.165, 1.54) is 18.4 Å². The van der Waals surface area contributed by atoms with E-state index in [0.29, 0.717) is 17.0 Å². The first-order valence-corrected chi connectivity index (χ1v) is 11.3. The van der Waals surface area contributed by atoms with Crippen LogP contribution in [0, 0.1) is 23.2 Å². The Labute approximate surface area is 197 Å². The molecule has 2 aromatic carbocycles. The molecule has 2 bridgehead atoms. The zero-order valence-electron chi connectivity index (χ0n) is 19.5. The van der Waals surface area contributed by atoms with Crippen LogP contribution in [0.25, 0.3) is 11.1 Å². The van der Waals surface area contributed by atoms with Crippen LogP contribution in [0.3, 0.4) is 0 Å². The van der Waals surface area contributed by atoms with Crippen LogP contribution in [-0.4, -0.2) is 29.2 Å². The number of halogens is 3. The minimum atomic E-state index is -5.08. The highest BCUT2D eigenvalue weighted by molar-refractivity contribution is 5.94. The summed E-state index contributed by atoms with van der Waals surface area (Å²) in [4.78, 5) is 20.3. The monoisotopic (exact) mass is 476 g/mol. The van der Waals surface area contributed by atoms with Gasteiger partial charge in [0.25, 0.3) is 0 Å². The molecule has 0 spiro atoms. The molecule has 0 aromatic heterocycles. The van der Waals surface area contributed by atoms with Crippen molar-refractivity contribution in [2.24, 2.45) is 28.9 Å². The highest BCUT2D eigenvalue weighted by Gasteiger charge is 2.55. The maximum absolute atomic E-state index is 11.4. The van der Waals surface area contributed by atoms with Crippen molar-refractivity contribution in [3.8, 4) is 11.1 Å². The lowest BCUT2D eigenvalue weighted by molar-refractivity contribution is -0.192. The number of hydrogen-bond donors (Lipinski definition) is 3. The Kier molecular flexibility index (Phi) is 7.41. The van der Waals surface area contributed by atoms with Gasteiger partial charge in [0.1, 0.15) is 0 Å². The third-order valence-corrected chi connectivity index (χ3v) is 7.60. The van der Waals surface area contributed by atoms with Crippen LogP contribution in [0.2, 0.25) is 0 Å². The minimum absolute atomic E-state index is 0.388. The number of primary amides is 1. The molecule has 0 radical (unpaired) electrons. The maximum Gasteiger partial charge on any atom is 0.490 e. The van der Waals surface area contributed by atoms with Gasteiger partial charge in [-0.05, 0) is 64.8 Å². The first-order valence-electron chi connectivity index (χ1n) is 11.3. The van der Waals surface area contributed by atoms with Gasteiger partial charge in [-0.15, -0.1) is 0 Å². The molecule has 5 nitrogen and oxygen atoms in total. The molecule has 0 saturated heterocycles. The number of fused-ring (bicyclic) bond motifs is 2. The van der Waals surface area contributed by atoms with E-state index >= 15 is 0 Å². The molecule has 4 atom stereocenters. The van der Waals surface area contributed by atoms with Crippen molar-refractivity contribution in [3.63, 3.8) is 0 Å². The number of alkyl halides is 3. The van der Waals surface area contributed by atoms with E-state index in [1.807, 2.05) is 18.2 Å². The van der Waals surface area contributed by atoms with E-state index in [-0.39, 0.29) is 5.91 Å². The molecule has 8 heteroatoms. The van der Waals surface area contributed by atoms with Crippen LogP contribution in [0.4, 0.5) is 13.2 Å². The second kappa shape index (κ2) is 9.78. The highest BCUT2D eigenvalue weighted by Crippen LogP contribution is 2.61. The summed E-state index contributed by atoms with van der Waals surface area (Å²) < 4.78 is 31.7. The van der Waals surface area contributed by atoms with Gasteiger partial charge in [0, 0.05) is 18.2 Å². The Bertz CT molecular complexity index is 1030. The van der Waals surface area contributed by atoms with Gasteiger partial charge in [-0.1, -0.05) is 57.2 Å². The largest absolute Gasteiger partial charge is 0.490 e. The molecule has 184 valence electrons. The topological polar surface area (TPSA) is 92.4 Å². The van der Waals surface area contributed by atoms with Crippen LogP contribution in [-0.2, 0) is 11.3 Å². The van der Waals surface area contributed by atoms with Gasteiger partial charge in [-0.25, -0.2) is 4.79 Å². The Morgan fingerprint density at radius 1 is 1.09 bits per heavy atom. The highest BCUT2D eigenvalue weighted by atomic mass is 19.4. The summed E-state index contributed by atoms with van der Waals surface area (Å²) >= 11 is 0. The standard InChI is InChI=1S/C24H30N2O.C2HF3O2/c1-15-21-12-20(24(21,2)3)13-22(15)26-14-16-7-9-17(10-8-16)18-5-4-6-19(11-18)23(25)27;3-2(4,5)1(6)7/h4-11,15,20-22,26H,12-14H2,1-3H3,(H2,25,27);(H,6,7)/t15?,20-,21+,22+;/m0./s1. The number of amides is 1. The molecule has 0 aliphatic heterocycles. The maximum atomic E-state index is 11.4. The van der Waals surface area contributed by atoms with Crippen LogP contribution in [0.5, 0.6) is 0 Å². The second-order valence-electron chi connectivity index (χ2n) is 9.89. The summed E-state index contributed by atoms with van der Waals surface area (Å²) in [6.07, 6.45) is -2.35. The number of carboxylic acid groups (broad SMARTS) is 1. The molecular weight excluding hydrogens is 445 g/mol. The molecule has 1 unspecified atom stereocenters. The van der Waals surface area contributed by atoms with Crippen molar-refractivity contribution in [2.45, 2.75) is 52.4 Å². The van der Waals surface area contributed by atoms with Crippen molar-refractivity contribution in [2.75, 3.05) is 0 Å². The number of carbonyl (C=O) groups excluding carboxylic acids is 1. The van der Waals surface area contributed by atoms with E-state index in [0.717, 1.165) is 35.4 Å². The van der Waals surface area contributed by atoms with E-state index in [2.05, 4.69) is 50.4 Å². The Balaban J connectivity index is 0.000000406. The van der Waals surface area contributed by atoms with Crippen LogP contribution in [0.1, 0.15) is 49.5 Å². The van der Waals surface area contributed by atoms with E-state index in [9.17, 15) is 18.0 Å². The molecule has 5 rings (SSSR count). The van der Waals surface area contributed by atoms with Crippen molar-refractivity contribution < 1.29 is 27.9 Å². The van der Waals surface area contributed by atoms with Crippen molar-refractivity contribution in [1.82, 2.24) is 5.32 Å². The molecule has 0 heterocycles. The molecular formula is C26H31F3N2O3. The third kappa shape index (κ3) is 5.60. The lowest BCUT2D eigenvalue weighted by Gasteiger charge is -2.62. The summed E-state index contributed by atoms with van der Waals surface area (Å²) in [6, 6.07) is 16.7. The smallest absolute Gasteiger partial charge is 0.475 e. The summed E-state index contributed by atoms with van der Waals surface area (Å²) in [5, 5.41) is 10.9. The number of aliphatic carboxylic acids is 1. The SMILES string of the molecule is CC1[C@H]2C[C@@H](C[C@H]1NCc1ccc(-c3cccc(C(N)=O)c3)cc1)C2(C)C.O=C(O)C(F)(F)F. The van der Waals surface area contributed by atoms with Crippen molar-refractivity contribution in [1.29, 1.82) is 0 Å². The molecule has 3 aliphatic carbocycles. The third-order valence-electron chi connectivity index (χ3n) is 7.60. The number of carboxylic acids is 1. The van der Waals surface area contributed by atoms with Gasteiger partial charge in [0.15, 0.2) is 0 Å². The molecule has 2 aromatic rings. The quantitative estimate of drug-likeness (QED) is 0.550. The average Bonchev–Trinajstić information content (AvgIpc) is 2.78.